The van der Waals surface area contributed by atoms with E-state index in [1.807, 2.05) is 0 Å². The van der Waals surface area contributed by atoms with Gasteiger partial charge in [0.25, 0.3) is 0 Å². The Labute approximate surface area is 105 Å². The molecular formula is C12H9F3N2O2. The molecule has 1 aromatic carbocycles. The minimum Gasteiger partial charge on any atom is -0.481 e. The molecule has 0 amide bonds. The Morgan fingerprint density at radius 2 is 2.00 bits per heavy atom. The third-order valence-corrected chi connectivity index (χ3v) is 2.53. The molecule has 0 bridgehead atoms. The maximum atomic E-state index is 13.5. The molecule has 100 valence electrons. The van der Waals surface area contributed by atoms with Crippen LogP contribution < -0.4 is 5.32 Å². The summed E-state index contributed by atoms with van der Waals surface area (Å²) in [6, 6.07) is 2.04. The molecule has 0 aliphatic carbocycles. The van der Waals surface area contributed by atoms with Gasteiger partial charge in [-0.15, -0.1) is 0 Å². The van der Waals surface area contributed by atoms with Crippen molar-refractivity contribution in [2.24, 2.45) is 0 Å². The fourth-order valence-electron chi connectivity index (χ4n) is 1.65. The molecule has 7 heteroatoms. The number of aromatic nitrogens is 1. The van der Waals surface area contributed by atoms with Gasteiger partial charge in [0.05, 0.1) is 6.42 Å². The van der Waals surface area contributed by atoms with Crippen LogP contribution in [0.5, 0.6) is 0 Å². The van der Waals surface area contributed by atoms with Gasteiger partial charge in [-0.3, -0.25) is 4.79 Å². The number of nitrogens with one attached hydrogen (secondary N) is 1. The first-order chi connectivity index (χ1) is 9.00. The molecule has 0 unspecified atom stereocenters. The lowest BCUT2D eigenvalue weighted by molar-refractivity contribution is -0.136. The summed E-state index contributed by atoms with van der Waals surface area (Å²) in [4.78, 5) is 14.2. The first-order valence-corrected chi connectivity index (χ1v) is 5.38. The zero-order chi connectivity index (χ0) is 14.0. The highest BCUT2D eigenvalue weighted by Crippen LogP contribution is 2.27. The largest absolute Gasteiger partial charge is 0.481 e. The monoisotopic (exact) mass is 270 g/mol. The van der Waals surface area contributed by atoms with Gasteiger partial charge >= 0.3 is 5.97 Å². The molecule has 4 nitrogen and oxygen atoms in total. The predicted octanol–water partition coefficient (Wildman–Crippen LogP) is 2.54. The highest BCUT2D eigenvalue weighted by molar-refractivity contribution is 5.92. The quantitative estimate of drug-likeness (QED) is 0.838. The Kier molecular flexibility index (Phi) is 3.55. The SMILES string of the molecule is O=C(O)CCNc1nccc2c(F)c(F)c(F)cc12. The molecule has 0 aliphatic heterocycles. The Bertz CT molecular complexity index is 646. The molecule has 2 aromatic rings. The maximum Gasteiger partial charge on any atom is 0.305 e. The first-order valence-electron chi connectivity index (χ1n) is 5.38. The van der Waals surface area contributed by atoms with Crippen LogP contribution in [-0.2, 0) is 4.79 Å². The molecular weight excluding hydrogens is 261 g/mol. The molecule has 0 fully saturated rings. The van der Waals surface area contributed by atoms with Crippen molar-refractivity contribution < 1.29 is 23.1 Å². The standard InChI is InChI=1S/C12H9F3N2O2/c13-8-5-7-6(10(14)11(8)15)1-3-16-12(7)17-4-2-9(18)19/h1,3,5H,2,4H2,(H,16,17)(H,18,19). The van der Waals surface area contributed by atoms with Crippen molar-refractivity contribution in [2.45, 2.75) is 6.42 Å². The molecule has 2 N–H and O–H groups in total. The lowest BCUT2D eigenvalue weighted by Gasteiger charge is -2.09. The number of halogens is 3. The number of anilines is 1. The van der Waals surface area contributed by atoms with Crippen LogP contribution in [0.15, 0.2) is 18.3 Å². The van der Waals surface area contributed by atoms with Crippen LogP contribution in [0, 0.1) is 17.5 Å². The normalized spacial score (nSPS) is 10.7. The third-order valence-electron chi connectivity index (χ3n) is 2.53. The fourth-order valence-corrected chi connectivity index (χ4v) is 1.65. The van der Waals surface area contributed by atoms with Gasteiger partial charge in [-0.1, -0.05) is 0 Å². The highest BCUT2D eigenvalue weighted by Gasteiger charge is 2.15. The first kappa shape index (κ1) is 13.1. The topological polar surface area (TPSA) is 62.2 Å². The molecule has 1 heterocycles. The highest BCUT2D eigenvalue weighted by atomic mass is 19.2. The number of carboxylic acids is 1. The Balaban J connectivity index is 2.42. The van der Waals surface area contributed by atoms with E-state index < -0.39 is 23.4 Å². The number of fused-ring (bicyclic) bond motifs is 1. The van der Waals surface area contributed by atoms with Crippen molar-refractivity contribution in [1.82, 2.24) is 4.98 Å². The molecule has 19 heavy (non-hydrogen) atoms. The minimum atomic E-state index is -1.55. The van der Waals surface area contributed by atoms with Gasteiger partial charge in [-0.25, -0.2) is 18.2 Å². The Hall–Kier alpha value is -2.31. The average molecular weight is 270 g/mol. The zero-order valence-electron chi connectivity index (χ0n) is 9.58. The number of benzene rings is 1. The number of nitrogens with zero attached hydrogens (tertiary/aromatic N) is 1. The smallest absolute Gasteiger partial charge is 0.305 e. The lowest BCUT2D eigenvalue weighted by Crippen LogP contribution is -2.09. The predicted molar refractivity (Wildman–Crippen MR) is 62.4 cm³/mol. The fraction of sp³-hybridized carbons (Fsp3) is 0.167. The van der Waals surface area contributed by atoms with Gasteiger partial charge in [0.2, 0.25) is 0 Å². The van der Waals surface area contributed by atoms with Crippen LogP contribution in [0.1, 0.15) is 6.42 Å². The van der Waals surface area contributed by atoms with E-state index in [4.69, 9.17) is 5.11 Å². The summed E-state index contributed by atoms with van der Waals surface area (Å²) in [5.41, 5.74) is 0. The Morgan fingerprint density at radius 1 is 1.26 bits per heavy atom. The van der Waals surface area contributed by atoms with Crippen molar-refractivity contribution >= 4 is 22.6 Å². The van der Waals surface area contributed by atoms with Gasteiger partial charge < -0.3 is 10.4 Å². The molecule has 0 saturated heterocycles. The van der Waals surface area contributed by atoms with Crippen molar-refractivity contribution in [2.75, 3.05) is 11.9 Å². The summed E-state index contributed by atoms with van der Waals surface area (Å²) in [5.74, 6) is -5.07. The maximum absolute atomic E-state index is 13.5. The lowest BCUT2D eigenvalue weighted by atomic mass is 10.1. The summed E-state index contributed by atoms with van der Waals surface area (Å²) in [7, 11) is 0. The number of carbonyl (C=O) groups is 1. The molecule has 0 radical (unpaired) electrons. The van der Waals surface area contributed by atoms with Crippen LogP contribution in [0.4, 0.5) is 19.0 Å². The van der Waals surface area contributed by atoms with E-state index in [0.29, 0.717) is 0 Å². The number of carboxylic acid groups (broad SMARTS) is 1. The second kappa shape index (κ2) is 5.13. The molecule has 0 aliphatic rings. The molecule has 0 saturated carbocycles. The number of aliphatic carboxylic acids is 1. The summed E-state index contributed by atoms with van der Waals surface area (Å²) in [6.07, 6.45) is 1.05. The van der Waals surface area contributed by atoms with Crippen LogP contribution in [0.25, 0.3) is 10.8 Å². The number of pyridine rings is 1. The van der Waals surface area contributed by atoms with Crippen LogP contribution >= 0.6 is 0 Å². The molecule has 0 spiro atoms. The van der Waals surface area contributed by atoms with Crippen LogP contribution in [0.2, 0.25) is 0 Å². The third kappa shape index (κ3) is 2.59. The van der Waals surface area contributed by atoms with Gasteiger partial charge in [-0.05, 0) is 12.1 Å². The van der Waals surface area contributed by atoms with E-state index in [1.54, 1.807) is 0 Å². The van der Waals surface area contributed by atoms with Gasteiger partial charge in [0.1, 0.15) is 5.82 Å². The van der Waals surface area contributed by atoms with Crippen LogP contribution in [-0.4, -0.2) is 22.6 Å². The van der Waals surface area contributed by atoms with Crippen LogP contribution in [0.3, 0.4) is 0 Å². The molecule has 0 atom stereocenters. The van der Waals surface area contributed by atoms with Gasteiger partial charge in [-0.2, -0.15) is 0 Å². The van der Waals surface area contributed by atoms with E-state index in [0.717, 1.165) is 6.07 Å². The number of hydrogen-bond donors (Lipinski definition) is 2. The summed E-state index contributed by atoms with van der Waals surface area (Å²) in [5, 5.41) is 11.1. The second-order valence-corrected chi connectivity index (χ2v) is 3.81. The van der Waals surface area contributed by atoms with E-state index >= 15 is 0 Å². The summed E-state index contributed by atoms with van der Waals surface area (Å²) < 4.78 is 39.8. The average Bonchev–Trinajstić information content (AvgIpc) is 2.36. The number of rotatable bonds is 4. The van der Waals surface area contributed by atoms with E-state index in [2.05, 4.69) is 10.3 Å². The Morgan fingerprint density at radius 3 is 2.68 bits per heavy atom. The molecule has 2 rings (SSSR count). The van der Waals surface area contributed by atoms with Gasteiger partial charge in [0.15, 0.2) is 17.5 Å². The second-order valence-electron chi connectivity index (χ2n) is 3.81. The minimum absolute atomic E-state index is 0.0437. The van der Waals surface area contributed by atoms with Crippen molar-refractivity contribution in [3.8, 4) is 0 Å². The molecule has 1 aromatic heterocycles. The van der Waals surface area contributed by atoms with Crippen molar-refractivity contribution in [1.29, 1.82) is 0 Å². The zero-order valence-corrected chi connectivity index (χ0v) is 9.58. The summed E-state index contributed by atoms with van der Waals surface area (Å²) >= 11 is 0. The van der Waals surface area contributed by atoms with E-state index in [1.165, 1.54) is 12.3 Å². The van der Waals surface area contributed by atoms with E-state index in [-0.39, 0.29) is 29.6 Å². The number of hydrogen-bond acceptors (Lipinski definition) is 3. The van der Waals surface area contributed by atoms with Gasteiger partial charge in [0, 0.05) is 23.5 Å². The summed E-state index contributed by atoms with van der Waals surface area (Å²) in [6.45, 7) is 0.0437. The van der Waals surface area contributed by atoms with E-state index in [9.17, 15) is 18.0 Å². The van der Waals surface area contributed by atoms with Crippen molar-refractivity contribution in [3.63, 3.8) is 0 Å². The van der Waals surface area contributed by atoms with Crippen molar-refractivity contribution in [3.05, 3.63) is 35.8 Å².